The van der Waals surface area contributed by atoms with E-state index in [9.17, 15) is 0 Å². The van der Waals surface area contributed by atoms with Gasteiger partial charge in [0.1, 0.15) is 0 Å². The third-order valence-electron chi connectivity index (χ3n) is 3.89. The van der Waals surface area contributed by atoms with Crippen LogP contribution in [0.4, 0.5) is 22.7 Å². The van der Waals surface area contributed by atoms with Gasteiger partial charge in [-0.3, -0.25) is 0 Å². The van der Waals surface area contributed by atoms with Gasteiger partial charge in [0.05, 0.1) is 11.4 Å². The first-order chi connectivity index (χ1) is 10.8. The lowest BCUT2D eigenvalue weighted by atomic mass is 10.1. The summed E-state index contributed by atoms with van der Waals surface area (Å²) in [6.07, 6.45) is 0. The van der Waals surface area contributed by atoms with Crippen molar-refractivity contribution in [3.8, 4) is 0 Å². The van der Waals surface area contributed by atoms with Gasteiger partial charge in [-0.1, -0.05) is 0 Å². The zero-order valence-electron chi connectivity index (χ0n) is 14.9. The summed E-state index contributed by atoms with van der Waals surface area (Å²) in [6, 6.07) is 16.2. The van der Waals surface area contributed by atoms with Crippen molar-refractivity contribution in [1.82, 2.24) is 0 Å². The van der Waals surface area contributed by atoms with Gasteiger partial charge < -0.3 is 9.80 Å². The molecule has 0 amide bonds. The highest BCUT2D eigenvalue weighted by Gasteiger charge is 2.16. The number of azo groups is 1. The molecule has 0 aliphatic carbocycles. The highest BCUT2D eigenvalue weighted by Crippen LogP contribution is 2.26. The van der Waals surface area contributed by atoms with Gasteiger partial charge in [0.15, 0.2) is 0 Å². The molecule has 0 aromatic heterocycles. The van der Waals surface area contributed by atoms with Crippen LogP contribution in [-0.4, -0.2) is 26.7 Å². The van der Waals surface area contributed by atoms with Crippen LogP contribution in [0.5, 0.6) is 0 Å². The molecule has 0 bridgehead atoms. The summed E-state index contributed by atoms with van der Waals surface area (Å²) in [5, 5.41) is 8.60. The molecule has 0 saturated heterocycles. The molecule has 0 N–H and O–H groups in total. The van der Waals surface area contributed by atoms with Crippen LogP contribution in [0.1, 0.15) is 20.8 Å². The molecule has 0 aliphatic heterocycles. The van der Waals surface area contributed by atoms with Crippen LogP contribution in [0.25, 0.3) is 0 Å². The molecule has 0 atom stereocenters. The predicted octanol–water partition coefficient (Wildman–Crippen LogP) is 5.40. The molecular formula is C19H26N4. The molecule has 0 saturated carbocycles. The van der Waals surface area contributed by atoms with Crippen molar-refractivity contribution in [3.05, 3.63) is 48.5 Å². The molecule has 23 heavy (non-hydrogen) atoms. The maximum atomic E-state index is 4.31. The Morgan fingerprint density at radius 3 is 1.39 bits per heavy atom. The molecule has 4 heteroatoms. The second kappa shape index (κ2) is 6.82. The van der Waals surface area contributed by atoms with E-state index in [2.05, 4.69) is 60.0 Å². The normalized spacial score (nSPS) is 11.7. The zero-order chi connectivity index (χ0) is 17.0. The fourth-order valence-corrected chi connectivity index (χ4v) is 2.06. The fraction of sp³-hybridized carbons (Fsp3) is 0.368. The molecule has 2 rings (SSSR count). The zero-order valence-corrected chi connectivity index (χ0v) is 14.9. The Morgan fingerprint density at radius 1 is 0.652 bits per heavy atom. The van der Waals surface area contributed by atoms with Crippen molar-refractivity contribution in [2.45, 2.75) is 26.3 Å². The van der Waals surface area contributed by atoms with Gasteiger partial charge >= 0.3 is 0 Å². The number of hydrogen-bond donors (Lipinski definition) is 0. The van der Waals surface area contributed by atoms with Gasteiger partial charge in [0.2, 0.25) is 0 Å². The van der Waals surface area contributed by atoms with Crippen molar-refractivity contribution >= 4 is 22.7 Å². The van der Waals surface area contributed by atoms with Gasteiger partial charge in [-0.25, -0.2) is 0 Å². The lowest BCUT2D eigenvalue weighted by molar-refractivity contribution is 0.539. The molecular weight excluding hydrogens is 284 g/mol. The number of nitrogens with zero attached hydrogens (tertiary/aromatic N) is 4. The van der Waals surface area contributed by atoms with Crippen molar-refractivity contribution in [1.29, 1.82) is 0 Å². The summed E-state index contributed by atoms with van der Waals surface area (Å²) >= 11 is 0. The Bertz CT molecular complexity index is 649. The monoisotopic (exact) mass is 310 g/mol. The molecule has 2 aromatic rings. The molecule has 122 valence electrons. The first-order valence-electron chi connectivity index (χ1n) is 7.80. The third kappa shape index (κ3) is 4.55. The van der Waals surface area contributed by atoms with Crippen LogP contribution in [0.2, 0.25) is 0 Å². The standard InChI is InChI=1S/C19H26N4/c1-19(2,3)23(6)18-13-9-16(10-14-18)21-20-15-7-11-17(12-8-15)22(4)5/h7-14H,1-6H3/b21-20+. The van der Waals surface area contributed by atoms with E-state index in [-0.39, 0.29) is 5.54 Å². The fourth-order valence-electron chi connectivity index (χ4n) is 2.06. The first kappa shape index (κ1) is 17.0. The predicted molar refractivity (Wildman–Crippen MR) is 99.5 cm³/mol. The Labute approximate surface area is 139 Å². The van der Waals surface area contributed by atoms with E-state index in [1.165, 1.54) is 5.69 Å². The van der Waals surface area contributed by atoms with Crippen LogP contribution in [0, 0.1) is 0 Å². The highest BCUT2D eigenvalue weighted by atomic mass is 15.2. The molecule has 2 aromatic carbocycles. The molecule has 0 fully saturated rings. The topological polar surface area (TPSA) is 31.2 Å². The van der Waals surface area contributed by atoms with Gasteiger partial charge in [0, 0.05) is 38.1 Å². The summed E-state index contributed by atoms with van der Waals surface area (Å²) in [5.74, 6) is 0. The van der Waals surface area contributed by atoms with Crippen molar-refractivity contribution < 1.29 is 0 Å². The Morgan fingerprint density at radius 2 is 1.04 bits per heavy atom. The number of hydrogen-bond acceptors (Lipinski definition) is 4. The third-order valence-corrected chi connectivity index (χ3v) is 3.89. The second-order valence-electron chi connectivity index (χ2n) is 6.86. The lowest BCUT2D eigenvalue weighted by Gasteiger charge is -2.34. The van der Waals surface area contributed by atoms with E-state index in [1.54, 1.807) is 0 Å². The SMILES string of the molecule is CN(C)c1ccc(/N=N/c2ccc(N(C)C(C)(C)C)cc2)cc1. The van der Waals surface area contributed by atoms with Crippen LogP contribution >= 0.6 is 0 Å². The average molecular weight is 310 g/mol. The number of anilines is 2. The summed E-state index contributed by atoms with van der Waals surface area (Å²) in [4.78, 5) is 4.30. The van der Waals surface area contributed by atoms with E-state index in [0.717, 1.165) is 17.1 Å². The van der Waals surface area contributed by atoms with Crippen LogP contribution in [0.15, 0.2) is 58.8 Å². The van der Waals surface area contributed by atoms with Gasteiger partial charge in [-0.2, -0.15) is 10.2 Å². The minimum absolute atomic E-state index is 0.0945. The Kier molecular flexibility index (Phi) is 5.04. The van der Waals surface area contributed by atoms with Gasteiger partial charge in [-0.15, -0.1) is 0 Å². The van der Waals surface area contributed by atoms with E-state index >= 15 is 0 Å². The second-order valence-corrected chi connectivity index (χ2v) is 6.86. The van der Waals surface area contributed by atoms with Crippen LogP contribution in [-0.2, 0) is 0 Å². The minimum Gasteiger partial charge on any atom is -0.378 e. The molecule has 0 heterocycles. The quantitative estimate of drug-likeness (QED) is 0.708. The van der Waals surface area contributed by atoms with E-state index in [1.807, 2.05) is 50.5 Å². The average Bonchev–Trinajstić information content (AvgIpc) is 2.52. The van der Waals surface area contributed by atoms with Crippen LogP contribution in [0.3, 0.4) is 0 Å². The maximum absolute atomic E-state index is 4.31. The van der Waals surface area contributed by atoms with Gasteiger partial charge in [-0.05, 0) is 69.3 Å². The molecule has 0 spiro atoms. The van der Waals surface area contributed by atoms with Gasteiger partial charge in [0.25, 0.3) is 0 Å². The number of rotatable bonds is 4. The van der Waals surface area contributed by atoms with Crippen molar-refractivity contribution in [2.24, 2.45) is 10.2 Å². The maximum Gasteiger partial charge on any atom is 0.0858 e. The summed E-state index contributed by atoms with van der Waals surface area (Å²) in [5.41, 5.74) is 4.13. The first-order valence-corrected chi connectivity index (χ1v) is 7.80. The Balaban J connectivity index is 2.08. The molecule has 0 aliphatic rings. The van der Waals surface area contributed by atoms with Crippen molar-refractivity contribution in [3.63, 3.8) is 0 Å². The smallest absolute Gasteiger partial charge is 0.0858 e. The van der Waals surface area contributed by atoms with Crippen molar-refractivity contribution in [2.75, 3.05) is 30.9 Å². The summed E-state index contributed by atoms with van der Waals surface area (Å²) in [6.45, 7) is 6.58. The summed E-state index contributed by atoms with van der Waals surface area (Å²) in [7, 11) is 6.14. The largest absolute Gasteiger partial charge is 0.378 e. The van der Waals surface area contributed by atoms with E-state index < -0.39 is 0 Å². The summed E-state index contributed by atoms with van der Waals surface area (Å²) < 4.78 is 0. The lowest BCUT2D eigenvalue weighted by Crippen LogP contribution is -2.37. The van der Waals surface area contributed by atoms with Crippen LogP contribution < -0.4 is 9.80 Å². The Hall–Kier alpha value is -2.36. The molecule has 4 nitrogen and oxygen atoms in total. The van der Waals surface area contributed by atoms with E-state index in [4.69, 9.17) is 0 Å². The minimum atomic E-state index is 0.0945. The molecule has 0 unspecified atom stereocenters. The number of benzene rings is 2. The molecule has 0 radical (unpaired) electrons. The highest BCUT2D eigenvalue weighted by molar-refractivity contribution is 5.54. The van der Waals surface area contributed by atoms with E-state index in [0.29, 0.717) is 0 Å².